The molecule has 0 N–H and O–H groups in total. The van der Waals surface area contributed by atoms with Crippen molar-refractivity contribution >= 4 is 11.9 Å². The Hall–Kier alpha value is -1.18. The lowest BCUT2D eigenvalue weighted by atomic mass is 10.0. The van der Waals surface area contributed by atoms with E-state index in [1.165, 1.54) is 96.3 Å². The summed E-state index contributed by atoms with van der Waals surface area (Å²) < 4.78 is 16.9. The summed E-state index contributed by atoms with van der Waals surface area (Å²) in [7, 11) is 0. The van der Waals surface area contributed by atoms with Crippen LogP contribution in [-0.2, 0) is 23.8 Å². The van der Waals surface area contributed by atoms with Gasteiger partial charge in [0.1, 0.15) is 6.10 Å². The fourth-order valence-electron chi connectivity index (χ4n) is 6.60. The highest BCUT2D eigenvalue weighted by atomic mass is 16.5. The number of morpholine rings is 1. The molecule has 1 aliphatic rings. The Labute approximate surface area is 298 Å². The van der Waals surface area contributed by atoms with Crippen LogP contribution in [0.15, 0.2) is 0 Å². The monoisotopic (exact) mass is 681 g/mol. The molecule has 1 heterocycles. The van der Waals surface area contributed by atoms with Gasteiger partial charge in [0.05, 0.1) is 19.8 Å². The summed E-state index contributed by atoms with van der Waals surface area (Å²) in [6.45, 7) is 15.7. The summed E-state index contributed by atoms with van der Waals surface area (Å²) in [5.74, 6) is 0.00584. The highest BCUT2D eigenvalue weighted by Gasteiger charge is 2.15. The van der Waals surface area contributed by atoms with Gasteiger partial charge in [0.15, 0.2) is 0 Å². The van der Waals surface area contributed by atoms with Gasteiger partial charge < -0.3 is 19.1 Å². The maximum atomic E-state index is 12.7. The van der Waals surface area contributed by atoms with E-state index in [9.17, 15) is 9.59 Å². The second kappa shape index (κ2) is 34.3. The van der Waals surface area contributed by atoms with Gasteiger partial charge in [-0.3, -0.25) is 14.5 Å². The molecule has 0 spiro atoms. The van der Waals surface area contributed by atoms with Crippen molar-refractivity contribution in [1.82, 2.24) is 9.80 Å². The van der Waals surface area contributed by atoms with Crippen LogP contribution < -0.4 is 0 Å². The largest absolute Gasteiger partial charge is 0.466 e. The smallest absolute Gasteiger partial charge is 0.306 e. The molecule has 48 heavy (non-hydrogen) atoms. The van der Waals surface area contributed by atoms with Crippen molar-refractivity contribution in [3.63, 3.8) is 0 Å². The van der Waals surface area contributed by atoms with Gasteiger partial charge in [-0.05, 0) is 70.9 Å². The zero-order valence-corrected chi connectivity index (χ0v) is 32.3. The number of rotatable bonds is 35. The van der Waals surface area contributed by atoms with Crippen LogP contribution in [0.2, 0.25) is 0 Å². The van der Waals surface area contributed by atoms with Crippen LogP contribution in [0.3, 0.4) is 0 Å². The molecule has 0 aromatic heterocycles. The van der Waals surface area contributed by atoms with E-state index >= 15 is 0 Å². The number of carbonyl (C=O) groups is 2. The van der Waals surface area contributed by atoms with Crippen molar-refractivity contribution in [2.24, 2.45) is 0 Å². The number of nitrogens with zero attached hydrogens (tertiary/aromatic N) is 2. The average Bonchev–Trinajstić information content (AvgIpc) is 3.09. The van der Waals surface area contributed by atoms with Gasteiger partial charge in [0, 0.05) is 39.0 Å². The van der Waals surface area contributed by atoms with Crippen molar-refractivity contribution in [3.05, 3.63) is 0 Å². The molecule has 0 aromatic carbocycles. The lowest BCUT2D eigenvalue weighted by Crippen LogP contribution is -2.41. The van der Waals surface area contributed by atoms with Crippen molar-refractivity contribution in [2.75, 3.05) is 59.1 Å². The van der Waals surface area contributed by atoms with Crippen LogP contribution in [-0.4, -0.2) is 86.9 Å². The first-order chi connectivity index (χ1) is 23.6. The Morgan fingerprint density at radius 2 is 1.06 bits per heavy atom. The minimum absolute atomic E-state index is 0.0226. The Balaban J connectivity index is 2.24. The third kappa shape index (κ3) is 28.6. The third-order valence-electron chi connectivity index (χ3n) is 9.87. The topological polar surface area (TPSA) is 68.3 Å². The molecule has 0 bridgehead atoms. The molecule has 284 valence electrons. The fourth-order valence-corrected chi connectivity index (χ4v) is 6.60. The minimum Gasteiger partial charge on any atom is -0.466 e. The summed E-state index contributed by atoms with van der Waals surface area (Å²) in [4.78, 5) is 29.8. The van der Waals surface area contributed by atoms with Crippen LogP contribution >= 0.6 is 0 Å². The van der Waals surface area contributed by atoms with E-state index in [-0.39, 0.29) is 18.0 Å². The Bertz CT molecular complexity index is 715. The number of carbonyl (C=O) groups excluding carboxylic acids is 2. The summed E-state index contributed by atoms with van der Waals surface area (Å²) >= 11 is 0. The number of hydrogen-bond donors (Lipinski definition) is 0. The molecule has 1 fully saturated rings. The first-order valence-electron chi connectivity index (χ1n) is 21.0. The first kappa shape index (κ1) is 44.8. The SMILES string of the molecule is CCCCCCCC(CCCCCC)OC(=O)CCCCCCCN(CCCCCCCC(=O)OCCCCC)CCN1CCOCC1. The molecule has 7 heteroatoms. The molecule has 7 nitrogen and oxygen atoms in total. The van der Waals surface area contributed by atoms with Gasteiger partial charge in [-0.25, -0.2) is 0 Å². The lowest BCUT2D eigenvalue weighted by Gasteiger charge is -2.30. The highest BCUT2D eigenvalue weighted by molar-refractivity contribution is 5.69. The van der Waals surface area contributed by atoms with E-state index in [2.05, 4.69) is 30.6 Å². The zero-order valence-electron chi connectivity index (χ0n) is 32.3. The average molecular weight is 681 g/mol. The molecule has 0 aliphatic carbocycles. The summed E-state index contributed by atoms with van der Waals surface area (Å²) in [5, 5.41) is 0. The van der Waals surface area contributed by atoms with Gasteiger partial charge in [-0.15, -0.1) is 0 Å². The lowest BCUT2D eigenvalue weighted by molar-refractivity contribution is -0.150. The number of esters is 2. The maximum absolute atomic E-state index is 12.7. The minimum atomic E-state index is -0.0226. The summed E-state index contributed by atoms with van der Waals surface area (Å²) in [6, 6.07) is 0. The van der Waals surface area contributed by atoms with Crippen molar-refractivity contribution in [3.8, 4) is 0 Å². The molecule has 1 aliphatic heterocycles. The van der Waals surface area contributed by atoms with E-state index in [1.54, 1.807) is 0 Å². The Morgan fingerprint density at radius 1 is 0.583 bits per heavy atom. The second-order valence-corrected chi connectivity index (χ2v) is 14.4. The first-order valence-corrected chi connectivity index (χ1v) is 21.0. The van der Waals surface area contributed by atoms with Crippen LogP contribution in [0.1, 0.15) is 188 Å². The molecular weight excluding hydrogens is 600 g/mol. The van der Waals surface area contributed by atoms with Crippen molar-refractivity contribution in [1.29, 1.82) is 0 Å². The van der Waals surface area contributed by atoms with Crippen LogP contribution in [0.5, 0.6) is 0 Å². The number of unbranched alkanes of at least 4 members (excludes halogenated alkanes) is 17. The third-order valence-corrected chi connectivity index (χ3v) is 9.87. The van der Waals surface area contributed by atoms with E-state index in [4.69, 9.17) is 14.2 Å². The van der Waals surface area contributed by atoms with Gasteiger partial charge in [-0.1, -0.05) is 117 Å². The molecule has 0 radical (unpaired) electrons. The van der Waals surface area contributed by atoms with Gasteiger partial charge in [-0.2, -0.15) is 0 Å². The van der Waals surface area contributed by atoms with Crippen molar-refractivity contribution < 1.29 is 23.8 Å². The highest BCUT2D eigenvalue weighted by Crippen LogP contribution is 2.18. The Kier molecular flexibility index (Phi) is 32.0. The van der Waals surface area contributed by atoms with E-state index in [0.717, 1.165) is 110 Å². The molecule has 1 unspecified atom stereocenters. The van der Waals surface area contributed by atoms with Crippen molar-refractivity contribution in [2.45, 2.75) is 194 Å². The molecule has 0 aromatic rings. The standard InChI is InChI=1S/C41H80N2O5/c1-4-7-10-14-20-27-39(26-19-11-8-5-2)48-41(45)29-22-16-13-18-24-31-42(32-33-43-34-37-46-38-35-43)30-23-17-12-15-21-28-40(44)47-36-25-9-6-3/h39H,4-38H2,1-3H3. The van der Waals surface area contributed by atoms with Crippen LogP contribution in [0.4, 0.5) is 0 Å². The molecule has 0 amide bonds. The second-order valence-electron chi connectivity index (χ2n) is 14.4. The predicted octanol–water partition coefficient (Wildman–Crippen LogP) is 10.3. The molecule has 1 rings (SSSR count). The van der Waals surface area contributed by atoms with Gasteiger partial charge >= 0.3 is 11.9 Å². The fraction of sp³-hybridized carbons (Fsp3) is 0.951. The number of hydrogen-bond acceptors (Lipinski definition) is 7. The van der Waals surface area contributed by atoms with Crippen LogP contribution in [0, 0.1) is 0 Å². The maximum Gasteiger partial charge on any atom is 0.306 e. The quantitative estimate of drug-likeness (QED) is 0.0487. The molecular formula is C41H80N2O5. The zero-order chi connectivity index (χ0) is 34.8. The van der Waals surface area contributed by atoms with Gasteiger partial charge in [0.25, 0.3) is 0 Å². The molecule has 0 saturated carbocycles. The van der Waals surface area contributed by atoms with E-state index < -0.39 is 0 Å². The molecule has 1 saturated heterocycles. The van der Waals surface area contributed by atoms with E-state index in [0.29, 0.717) is 19.4 Å². The van der Waals surface area contributed by atoms with Crippen LogP contribution in [0.25, 0.3) is 0 Å². The molecule has 1 atom stereocenters. The van der Waals surface area contributed by atoms with Gasteiger partial charge in [0.2, 0.25) is 0 Å². The Morgan fingerprint density at radius 3 is 1.67 bits per heavy atom. The summed E-state index contributed by atoms with van der Waals surface area (Å²) in [6.07, 6.45) is 29.4. The normalized spacial score (nSPS) is 14.4. The summed E-state index contributed by atoms with van der Waals surface area (Å²) in [5.41, 5.74) is 0. The van der Waals surface area contributed by atoms with E-state index in [1.807, 2.05) is 0 Å². The number of ether oxygens (including phenoxy) is 3. The predicted molar refractivity (Wildman–Crippen MR) is 202 cm³/mol.